The van der Waals surface area contributed by atoms with Crippen LogP contribution in [0.2, 0.25) is 5.02 Å². The molecule has 6 nitrogen and oxygen atoms in total. The first-order valence-corrected chi connectivity index (χ1v) is 11.1. The highest BCUT2D eigenvalue weighted by molar-refractivity contribution is 6.32. The van der Waals surface area contributed by atoms with Gasteiger partial charge in [-0.05, 0) is 41.8 Å². The van der Waals surface area contributed by atoms with Crippen molar-refractivity contribution in [1.82, 2.24) is 15.0 Å². The number of fused-ring (bicyclic) bond motifs is 3. The number of nitrogens with one attached hydrogen (secondary N) is 1. The van der Waals surface area contributed by atoms with Gasteiger partial charge in [0.25, 0.3) is 0 Å². The van der Waals surface area contributed by atoms with Gasteiger partial charge >= 0.3 is 5.97 Å². The van der Waals surface area contributed by atoms with Crippen LogP contribution in [0, 0.1) is 0 Å². The highest BCUT2D eigenvalue weighted by Crippen LogP contribution is 2.36. The molecule has 2 heterocycles. The second-order valence-corrected chi connectivity index (χ2v) is 8.69. The highest BCUT2D eigenvalue weighted by Gasteiger charge is 2.20. The lowest BCUT2D eigenvalue weighted by atomic mass is 9.96. The molecule has 5 rings (SSSR count). The average molecular weight is 477 g/mol. The summed E-state index contributed by atoms with van der Waals surface area (Å²) >= 11 is 12.9. The molecule has 0 bridgehead atoms. The molecule has 4 aromatic rings. The van der Waals surface area contributed by atoms with Crippen LogP contribution in [0.3, 0.4) is 0 Å². The number of halogens is 2. The SMILES string of the molecule is O=C(O)Cc1cccc(Nc2ncc3nc(C4=CC=CCC4Cl)c4cc(Cl)ccc4c3n2)c1. The van der Waals surface area contributed by atoms with Crippen molar-refractivity contribution in [1.29, 1.82) is 0 Å². The van der Waals surface area contributed by atoms with Crippen LogP contribution in [0.5, 0.6) is 0 Å². The van der Waals surface area contributed by atoms with E-state index >= 15 is 0 Å². The predicted molar refractivity (Wildman–Crippen MR) is 132 cm³/mol. The molecule has 8 heteroatoms. The summed E-state index contributed by atoms with van der Waals surface area (Å²) in [5.74, 6) is -0.500. The Hall–Kier alpha value is -3.48. The molecule has 1 aliphatic rings. The summed E-state index contributed by atoms with van der Waals surface area (Å²) < 4.78 is 0. The number of nitrogens with zero attached hydrogens (tertiary/aromatic N) is 3. The first kappa shape index (κ1) is 21.4. The van der Waals surface area contributed by atoms with Gasteiger partial charge in [0.05, 0.1) is 23.7 Å². The Bertz CT molecular complexity index is 1470. The number of carboxylic acid groups (broad SMARTS) is 1. The molecule has 1 atom stereocenters. The Morgan fingerprint density at radius 3 is 2.85 bits per heavy atom. The Morgan fingerprint density at radius 2 is 2.03 bits per heavy atom. The molecule has 1 unspecified atom stereocenters. The number of hydrogen-bond acceptors (Lipinski definition) is 5. The van der Waals surface area contributed by atoms with Crippen molar-refractivity contribution in [3.8, 4) is 0 Å². The number of rotatable bonds is 5. The average Bonchev–Trinajstić information content (AvgIpc) is 2.79. The largest absolute Gasteiger partial charge is 0.481 e. The Labute approximate surface area is 199 Å². The van der Waals surface area contributed by atoms with E-state index in [1.165, 1.54) is 0 Å². The zero-order valence-electron chi connectivity index (χ0n) is 17.3. The van der Waals surface area contributed by atoms with E-state index in [0.717, 1.165) is 28.5 Å². The van der Waals surface area contributed by atoms with Gasteiger partial charge in [-0.1, -0.05) is 48.0 Å². The molecule has 0 amide bonds. The van der Waals surface area contributed by atoms with Crippen molar-refractivity contribution >= 4 is 68.2 Å². The van der Waals surface area contributed by atoms with Gasteiger partial charge in [-0.25, -0.2) is 15.0 Å². The van der Waals surface area contributed by atoms with Crippen LogP contribution in [-0.4, -0.2) is 31.4 Å². The lowest BCUT2D eigenvalue weighted by molar-refractivity contribution is -0.136. The molecule has 0 spiro atoms. The van der Waals surface area contributed by atoms with Crippen LogP contribution in [0.1, 0.15) is 17.7 Å². The Balaban J connectivity index is 1.61. The van der Waals surface area contributed by atoms with Crippen LogP contribution in [0.25, 0.3) is 27.4 Å². The maximum atomic E-state index is 11.0. The predicted octanol–water partition coefficient (Wildman–Crippen LogP) is 6.15. The summed E-state index contributed by atoms with van der Waals surface area (Å²) in [5, 5.41) is 14.4. The van der Waals surface area contributed by atoms with Gasteiger partial charge < -0.3 is 10.4 Å². The number of benzene rings is 2. The fourth-order valence-electron chi connectivity index (χ4n) is 3.93. The summed E-state index contributed by atoms with van der Waals surface area (Å²) in [4.78, 5) is 25.0. The number of carboxylic acids is 1. The minimum Gasteiger partial charge on any atom is -0.481 e. The molecule has 2 N–H and O–H groups in total. The summed E-state index contributed by atoms with van der Waals surface area (Å²) in [6, 6.07) is 12.8. The van der Waals surface area contributed by atoms with Crippen LogP contribution in [0.4, 0.5) is 11.6 Å². The third-order valence-corrected chi connectivity index (χ3v) is 6.05. The Morgan fingerprint density at radius 1 is 1.15 bits per heavy atom. The van der Waals surface area contributed by atoms with Crippen molar-refractivity contribution in [3.05, 3.63) is 83.2 Å². The molecule has 0 saturated heterocycles. The summed E-state index contributed by atoms with van der Waals surface area (Å²) in [6.07, 6.45) is 8.35. The lowest BCUT2D eigenvalue weighted by Crippen LogP contribution is -2.07. The molecule has 0 aliphatic heterocycles. The van der Waals surface area contributed by atoms with E-state index in [0.29, 0.717) is 33.3 Å². The zero-order chi connectivity index (χ0) is 22.9. The molecule has 164 valence electrons. The number of alkyl halides is 1. The lowest BCUT2D eigenvalue weighted by Gasteiger charge is -2.18. The Kier molecular flexibility index (Phi) is 5.70. The number of carbonyl (C=O) groups is 1. The van der Waals surface area contributed by atoms with Gasteiger partial charge in [-0.3, -0.25) is 4.79 Å². The number of aliphatic carboxylic acids is 1. The van der Waals surface area contributed by atoms with Crippen LogP contribution < -0.4 is 5.32 Å². The van der Waals surface area contributed by atoms with Crippen molar-refractivity contribution < 1.29 is 9.90 Å². The second kappa shape index (κ2) is 8.81. The van der Waals surface area contributed by atoms with Crippen molar-refractivity contribution in [3.63, 3.8) is 0 Å². The first-order valence-electron chi connectivity index (χ1n) is 10.3. The first-order chi connectivity index (χ1) is 16.0. The minimum atomic E-state index is -0.885. The van der Waals surface area contributed by atoms with Crippen LogP contribution >= 0.6 is 23.2 Å². The van der Waals surface area contributed by atoms with Gasteiger partial charge in [-0.2, -0.15) is 0 Å². The summed E-state index contributed by atoms with van der Waals surface area (Å²) in [6.45, 7) is 0. The smallest absolute Gasteiger partial charge is 0.307 e. The van der Waals surface area contributed by atoms with E-state index in [-0.39, 0.29) is 11.8 Å². The van der Waals surface area contributed by atoms with Crippen molar-refractivity contribution in [2.45, 2.75) is 18.2 Å². The molecular weight excluding hydrogens is 459 g/mol. The molecule has 0 saturated carbocycles. The highest BCUT2D eigenvalue weighted by atomic mass is 35.5. The fraction of sp³-hybridized carbons (Fsp3) is 0.120. The van der Waals surface area contributed by atoms with Gasteiger partial charge in [0, 0.05) is 21.5 Å². The standard InChI is InChI=1S/C25H18Cl2N4O2/c26-15-8-9-17-19(12-15)23(18-6-1-2-7-20(18)27)30-21-13-28-25(31-24(17)21)29-16-5-3-4-14(10-16)11-22(32)33/h1-6,8-10,12-13,20H,7,11H2,(H,32,33)(H,28,29,31). The van der Waals surface area contributed by atoms with Crippen LogP contribution in [0.15, 0.2) is 66.9 Å². The number of aromatic nitrogens is 3. The fourth-order valence-corrected chi connectivity index (χ4v) is 4.38. The van der Waals surface area contributed by atoms with Crippen molar-refractivity contribution in [2.75, 3.05) is 5.32 Å². The van der Waals surface area contributed by atoms with Gasteiger partial charge in [0.1, 0.15) is 11.0 Å². The van der Waals surface area contributed by atoms with Gasteiger partial charge in [0.15, 0.2) is 0 Å². The molecule has 1 aliphatic carbocycles. The molecule has 2 aromatic carbocycles. The number of allylic oxidation sites excluding steroid dienone is 4. The molecule has 2 aromatic heterocycles. The molecule has 33 heavy (non-hydrogen) atoms. The number of pyridine rings is 1. The molecule has 0 radical (unpaired) electrons. The van der Waals surface area contributed by atoms with E-state index < -0.39 is 5.97 Å². The van der Waals surface area contributed by atoms with E-state index in [1.807, 2.05) is 42.5 Å². The quantitative estimate of drug-likeness (QED) is 0.265. The maximum absolute atomic E-state index is 11.0. The monoisotopic (exact) mass is 476 g/mol. The second-order valence-electron chi connectivity index (χ2n) is 7.73. The number of anilines is 2. The molecular formula is C25H18Cl2N4O2. The van der Waals surface area contributed by atoms with Crippen molar-refractivity contribution in [2.24, 2.45) is 0 Å². The zero-order valence-corrected chi connectivity index (χ0v) is 18.8. The van der Waals surface area contributed by atoms with Crippen LogP contribution in [-0.2, 0) is 11.2 Å². The van der Waals surface area contributed by atoms with E-state index in [4.69, 9.17) is 38.3 Å². The van der Waals surface area contributed by atoms with Gasteiger partial charge in [0.2, 0.25) is 5.95 Å². The third-order valence-electron chi connectivity index (χ3n) is 5.40. The van der Waals surface area contributed by atoms with E-state index in [9.17, 15) is 4.79 Å². The summed E-state index contributed by atoms with van der Waals surface area (Å²) in [5.41, 5.74) is 4.42. The summed E-state index contributed by atoms with van der Waals surface area (Å²) in [7, 11) is 0. The number of hydrogen-bond donors (Lipinski definition) is 2. The minimum absolute atomic E-state index is 0.0567. The topological polar surface area (TPSA) is 88.0 Å². The van der Waals surface area contributed by atoms with E-state index in [1.54, 1.807) is 24.4 Å². The normalized spacial score (nSPS) is 15.6. The maximum Gasteiger partial charge on any atom is 0.307 e. The van der Waals surface area contributed by atoms with Gasteiger partial charge in [-0.15, -0.1) is 11.6 Å². The van der Waals surface area contributed by atoms with E-state index in [2.05, 4.69) is 10.3 Å². The third kappa shape index (κ3) is 4.40. The molecule has 0 fully saturated rings.